The second-order valence-electron chi connectivity index (χ2n) is 6.47. The Morgan fingerprint density at radius 1 is 1.00 bits per heavy atom. The van der Waals surface area contributed by atoms with Crippen LogP contribution < -0.4 is 4.90 Å². The highest BCUT2D eigenvalue weighted by atomic mass is 15.4. The first-order chi connectivity index (χ1) is 11.3. The average molecular weight is 305 g/mol. The van der Waals surface area contributed by atoms with E-state index in [1.54, 1.807) is 0 Å². The lowest BCUT2D eigenvalue weighted by Gasteiger charge is -2.26. The van der Waals surface area contributed by atoms with Crippen LogP contribution in [0.4, 0.5) is 11.5 Å². The molecule has 0 atom stereocenters. The van der Waals surface area contributed by atoms with Gasteiger partial charge < -0.3 is 4.90 Å². The van der Waals surface area contributed by atoms with Crippen molar-refractivity contribution < 1.29 is 0 Å². The monoisotopic (exact) mass is 305 g/mol. The van der Waals surface area contributed by atoms with Crippen LogP contribution in [0.2, 0.25) is 0 Å². The molecule has 0 saturated carbocycles. The summed E-state index contributed by atoms with van der Waals surface area (Å²) in [5.74, 6) is 2.71. The molecule has 0 radical (unpaired) electrons. The molecular formula is C18H19N5. The SMILES string of the molecule is Cc1nc2nc3c(c(N4CCc5ccccc54)n2n1)CCCC3. The van der Waals surface area contributed by atoms with Gasteiger partial charge in [-0.05, 0) is 50.7 Å². The minimum atomic E-state index is 0.738. The predicted molar refractivity (Wildman–Crippen MR) is 89.3 cm³/mol. The molecule has 2 aliphatic rings. The van der Waals surface area contributed by atoms with Gasteiger partial charge >= 0.3 is 0 Å². The van der Waals surface area contributed by atoms with Crippen LogP contribution in [0.1, 0.15) is 35.5 Å². The van der Waals surface area contributed by atoms with E-state index in [1.165, 1.54) is 41.2 Å². The summed E-state index contributed by atoms with van der Waals surface area (Å²) in [7, 11) is 0. The molecule has 0 amide bonds. The number of aryl methyl sites for hydroxylation is 2. The highest BCUT2D eigenvalue weighted by Gasteiger charge is 2.28. The van der Waals surface area contributed by atoms with Gasteiger partial charge in [-0.3, -0.25) is 0 Å². The molecule has 116 valence electrons. The molecule has 0 fully saturated rings. The Kier molecular flexibility index (Phi) is 2.71. The Balaban J connectivity index is 1.80. The van der Waals surface area contributed by atoms with Crippen LogP contribution in [0.5, 0.6) is 0 Å². The van der Waals surface area contributed by atoms with E-state index >= 15 is 0 Å². The quantitative estimate of drug-likeness (QED) is 0.693. The number of para-hydroxylation sites is 1. The Hall–Kier alpha value is -2.43. The summed E-state index contributed by atoms with van der Waals surface area (Å²) < 4.78 is 1.96. The van der Waals surface area contributed by atoms with Crippen LogP contribution in [-0.4, -0.2) is 26.1 Å². The number of fused-ring (bicyclic) bond motifs is 3. The van der Waals surface area contributed by atoms with E-state index in [0.717, 1.165) is 37.4 Å². The van der Waals surface area contributed by atoms with Crippen molar-refractivity contribution in [1.29, 1.82) is 0 Å². The molecule has 3 heterocycles. The molecule has 23 heavy (non-hydrogen) atoms. The van der Waals surface area contributed by atoms with E-state index in [2.05, 4.69) is 39.2 Å². The maximum atomic E-state index is 4.79. The van der Waals surface area contributed by atoms with Crippen LogP contribution in [0.25, 0.3) is 5.78 Å². The summed E-state index contributed by atoms with van der Waals surface area (Å²) in [6, 6.07) is 8.69. The fraction of sp³-hybridized carbons (Fsp3) is 0.389. The second kappa shape index (κ2) is 4.78. The number of anilines is 2. The van der Waals surface area contributed by atoms with Crippen molar-refractivity contribution in [2.45, 2.75) is 39.0 Å². The van der Waals surface area contributed by atoms with E-state index in [9.17, 15) is 0 Å². The third kappa shape index (κ3) is 1.89. The molecule has 5 rings (SSSR count). The van der Waals surface area contributed by atoms with Gasteiger partial charge in [0.2, 0.25) is 0 Å². The molecule has 5 nitrogen and oxygen atoms in total. The van der Waals surface area contributed by atoms with Gasteiger partial charge in [0.25, 0.3) is 5.78 Å². The van der Waals surface area contributed by atoms with E-state index in [1.807, 2.05) is 11.4 Å². The Morgan fingerprint density at radius 3 is 2.83 bits per heavy atom. The first kappa shape index (κ1) is 13.0. The number of nitrogens with zero attached hydrogens (tertiary/aromatic N) is 5. The lowest BCUT2D eigenvalue weighted by Crippen LogP contribution is -2.22. The van der Waals surface area contributed by atoms with Crippen LogP contribution in [0.3, 0.4) is 0 Å². The summed E-state index contributed by atoms with van der Waals surface area (Å²) in [6.07, 6.45) is 5.68. The average Bonchev–Trinajstić information content (AvgIpc) is 3.15. The highest BCUT2D eigenvalue weighted by molar-refractivity contribution is 5.71. The normalized spacial score (nSPS) is 16.7. The van der Waals surface area contributed by atoms with Crippen molar-refractivity contribution in [2.75, 3.05) is 11.4 Å². The van der Waals surface area contributed by atoms with Crippen molar-refractivity contribution in [2.24, 2.45) is 0 Å². The van der Waals surface area contributed by atoms with E-state index in [0.29, 0.717) is 0 Å². The predicted octanol–water partition coefficient (Wildman–Crippen LogP) is 3.01. The topological polar surface area (TPSA) is 46.3 Å². The largest absolute Gasteiger partial charge is 0.325 e. The van der Waals surface area contributed by atoms with Crippen LogP contribution in [-0.2, 0) is 19.3 Å². The summed E-state index contributed by atoms with van der Waals surface area (Å²) in [4.78, 5) is 11.7. The van der Waals surface area contributed by atoms with Crippen molar-refractivity contribution in [1.82, 2.24) is 19.6 Å². The minimum absolute atomic E-state index is 0.738. The van der Waals surface area contributed by atoms with Gasteiger partial charge in [-0.15, -0.1) is 5.10 Å². The maximum absolute atomic E-state index is 4.79. The van der Waals surface area contributed by atoms with E-state index in [-0.39, 0.29) is 0 Å². The molecule has 0 bridgehead atoms. The lowest BCUT2D eigenvalue weighted by atomic mass is 9.96. The number of aromatic nitrogens is 4. The van der Waals surface area contributed by atoms with E-state index in [4.69, 9.17) is 4.98 Å². The van der Waals surface area contributed by atoms with Gasteiger partial charge in [0.1, 0.15) is 11.6 Å². The highest BCUT2D eigenvalue weighted by Crippen LogP contribution is 2.38. The van der Waals surface area contributed by atoms with Gasteiger partial charge in [0.05, 0.1) is 5.69 Å². The third-order valence-corrected chi connectivity index (χ3v) is 4.98. The molecule has 1 aliphatic carbocycles. The summed E-state index contributed by atoms with van der Waals surface area (Å²) in [6.45, 7) is 2.94. The molecule has 5 heteroatoms. The van der Waals surface area contributed by atoms with Crippen LogP contribution in [0, 0.1) is 6.92 Å². The van der Waals surface area contributed by atoms with Crippen molar-refractivity contribution >= 4 is 17.3 Å². The molecule has 0 unspecified atom stereocenters. The second-order valence-corrected chi connectivity index (χ2v) is 6.47. The molecule has 0 saturated heterocycles. The molecule has 0 spiro atoms. The first-order valence-electron chi connectivity index (χ1n) is 8.42. The number of rotatable bonds is 1. The fourth-order valence-electron chi connectivity index (χ4n) is 3.96. The fourth-order valence-corrected chi connectivity index (χ4v) is 3.96. The van der Waals surface area contributed by atoms with Gasteiger partial charge in [-0.2, -0.15) is 9.50 Å². The molecule has 0 N–H and O–H groups in total. The van der Waals surface area contributed by atoms with Crippen molar-refractivity contribution in [3.8, 4) is 0 Å². The molecule has 1 aromatic carbocycles. The van der Waals surface area contributed by atoms with Crippen molar-refractivity contribution in [3.63, 3.8) is 0 Å². The smallest absolute Gasteiger partial charge is 0.254 e. The van der Waals surface area contributed by atoms with Gasteiger partial charge in [-0.25, -0.2) is 4.98 Å². The Morgan fingerprint density at radius 2 is 1.87 bits per heavy atom. The molecule has 3 aromatic rings. The summed E-state index contributed by atoms with van der Waals surface area (Å²) >= 11 is 0. The number of hydrogen-bond acceptors (Lipinski definition) is 4. The zero-order valence-corrected chi connectivity index (χ0v) is 13.3. The summed E-state index contributed by atoms with van der Waals surface area (Å²) in [5.41, 5.74) is 5.31. The number of hydrogen-bond donors (Lipinski definition) is 0. The van der Waals surface area contributed by atoms with Crippen LogP contribution in [0.15, 0.2) is 24.3 Å². The first-order valence-corrected chi connectivity index (χ1v) is 8.42. The molecule has 2 aromatic heterocycles. The molecule has 1 aliphatic heterocycles. The van der Waals surface area contributed by atoms with Crippen LogP contribution >= 0.6 is 0 Å². The Bertz CT molecular complexity index is 911. The maximum Gasteiger partial charge on any atom is 0.254 e. The summed E-state index contributed by atoms with van der Waals surface area (Å²) in [5, 5.41) is 4.64. The van der Waals surface area contributed by atoms with Gasteiger partial charge in [0.15, 0.2) is 0 Å². The lowest BCUT2D eigenvalue weighted by molar-refractivity contribution is 0.657. The molecular weight excluding hydrogens is 286 g/mol. The standard InChI is InChI=1S/C18H19N5/c1-12-19-18-20-15-8-4-3-7-14(15)17(23(18)21-12)22-11-10-13-6-2-5-9-16(13)22/h2,5-6,9H,3-4,7-8,10-11H2,1H3. The zero-order valence-electron chi connectivity index (χ0n) is 13.3. The van der Waals surface area contributed by atoms with Crippen molar-refractivity contribution in [3.05, 3.63) is 46.9 Å². The van der Waals surface area contributed by atoms with Gasteiger partial charge in [0, 0.05) is 17.8 Å². The Labute approximate surface area is 135 Å². The zero-order chi connectivity index (χ0) is 15.4. The third-order valence-electron chi connectivity index (χ3n) is 4.98. The van der Waals surface area contributed by atoms with Gasteiger partial charge in [-0.1, -0.05) is 18.2 Å². The van der Waals surface area contributed by atoms with E-state index < -0.39 is 0 Å². The number of benzene rings is 1. The minimum Gasteiger partial charge on any atom is -0.325 e.